The number of imidazole rings is 1. The Bertz CT molecular complexity index is 969. The molecule has 0 radical (unpaired) electrons. The molecule has 3 aromatic heterocycles. The van der Waals surface area contributed by atoms with Gasteiger partial charge in [-0.05, 0) is 30.0 Å². The Morgan fingerprint density at radius 2 is 2.12 bits per heavy atom. The molecule has 24 heavy (non-hydrogen) atoms. The lowest BCUT2D eigenvalue weighted by molar-refractivity contribution is 0.755. The number of fused-ring (bicyclic) bond motifs is 1. The number of hydrogen-bond donors (Lipinski definition) is 1. The zero-order valence-electron chi connectivity index (χ0n) is 13.8. The predicted octanol–water partition coefficient (Wildman–Crippen LogP) is 3.37. The maximum Gasteiger partial charge on any atom is 0.115 e. The van der Waals surface area contributed by atoms with E-state index in [2.05, 4.69) is 68.1 Å². The van der Waals surface area contributed by atoms with E-state index in [4.69, 9.17) is 0 Å². The van der Waals surface area contributed by atoms with Crippen LogP contribution in [0.2, 0.25) is 0 Å². The van der Waals surface area contributed by atoms with E-state index in [9.17, 15) is 0 Å². The van der Waals surface area contributed by atoms with Gasteiger partial charge in [-0.2, -0.15) is 0 Å². The Kier molecular flexibility index (Phi) is 3.61. The molecule has 4 aromatic rings. The molecule has 0 amide bonds. The zero-order valence-corrected chi connectivity index (χ0v) is 13.8. The van der Waals surface area contributed by atoms with Crippen molar-refractivity contribution in [3.05, 3.63) is 78.0 Å². The summed E-state index contributed by atoms with van der Waals surface area (Å²) in [5, 5.41) is 1.25. The standard InChI is InChI=1S/C19H19N5/c1-13-8-15(22-12-21-13)9-17(18-10-20-11-23-18)16-5-3-4-14-6-7-24(2)19(14)16/h3-8,10-12,17H,9H2,1-2H3,(H,20,23). The SMILES string of the molecule is Cc1cc(CC(c2cnc[nH]2)c2cccc3ccn(C)c23)ncn1. The van der Waals surface area contributed by atoms with Gasteiger partial charge in [0.15, 0.2) is 0 Å². The van der Waals surface area contributed by atoms with Gasteiger partial charge in [-0.15, -0.1) is 0 Å². The van der Waals surface area contributed by atoms with Gasteiger partial charge in [0.1, 0.15) is 6.33 Å². The number of nitrogens with one attached hydrogen (secondary N) is 1. The van der Waals surface area contributed by atoms with Crippen molar-refractivity contribution in [3.8, 4) is 0 Å². The fourth-order valence-corrected chi connectivity index (χ4v) is 3.34. The van der Waals surface area contributed by atoms with Crippen molar-refractivity contribution in [1.82, 2.24) is 24.5 Å². The molecule has 120 valence electrons. The van der Waals surface area contributed by atoms with E-state index in [1.807, 2.05) is 13.1 Å². The Hall–Kier alpha value is -2.95. The van der Waals surface area contributed by atoms with E-state index in [-0.39, 0.29) is 5.92 Å². The van der Waals surface area contributed by atoms with Gasteiger partial charge in [-0.1, -0.05) is 18.2 Å². The van der Waals surface area contributed by atoms with Crippen LogP contribution < -0.4 is 0 Å². The van der Waals surface area contributed by atoms with E-state index in [1.54, 1.807) is 12.7 Å². The van der Waals surface area contributed by atoms with E-state index >= 15 is 0 Å². The molecule has 1 atom stereocenters. The molecule has 0 saturated heterocycles. The summed E-state index contributed by atoms with van der Waals surface area (Å²) in [6, 6.07) is 10.7. The first-order valence-corrected chi connectivity index (χ1v) is 8.02. The van der Waals surface area contributed by atoms with Crippen LogP contribution in [0.25, 0.3) is 10.9 Å². The van der Waals surface area contributed by atoms with Crippen LogP contribution in [0.1, 0.15) is 28.6 Å². The van der Waals surface area contributed by atoms with Crippen molar-refractivity contribution in [1.29, 1.82) is 0 Å². The second-order valence-electron chi connectivity index (χ2n) is 6.13. The summed E-state index contributed by atoms with van der Waals surface area (Å²) >= 11 is 0. The van der Waals surface area contributed by atoms with Gasteiger partial charge in [0, 0.05) is 48.9 Å². The third-order valence-electron chi connectivity index (χ3n) is 4.47. The van der Waals surface area contributed by atoms with Crippen LogP contribution in [0.15, 0.2) is 55.4 Å². The molecule has 4 rings (SSSR count). The topological polar surface area (TPSA) is 59.4 Å². The van der Waals surface area contributed by atoms with Gasteiger partial charge in [-0.3, -0.25) is 0 Å². The number of nitrogens with zero attached hydrogens (tertiary/aromatic N) is 4. The van der Waals surface area contributed by atoms with E-state index in [0.29, 0.717) is 0 Å². The molecule has 0 aliphatic carbocycles. The molecule has 0 spiro atoms. The lowest BCUT2D eigenvalue weighted by Crippen LogP contribution is -2.09. The van der Waals surface area contributed by atoms with Gasteiger partial charge in [0.25, 0.3) is 0 Å². The Balaban J connectivity index is 1.85. The molecule has 0 bridgehead atoms. The fraction of sp³-hybridized carbons (Fsp3) is 0.211. The molecule has 0 aliphatic rings. The number of rotatable bonds is 4. The van der Waals surface area contributed by atoms with Crippen LogP contribution in [0.3, 0.4) is 0 Å². The van der Waals surface area contributed by atoms with Crippen molar-refractivity contribution >= 4 is 10.9 Å². The molecule has 0 aliphatic heterocycles. The minimum atomic E-state index is 0.166. The average molecular weight is 317 g/mol. The molecule has 3 heterocycles. The minimum Gasteiger partial charge on any atom is -0.350 e. The molecule has 5 nitrogen and oxygen atoms in total. The Morgan fingerprint density at radius 3 is 2.92 bits per heavy atom. The monoisotopic (exact) mass is 317 g/mol. The second kappa shape index (κ2) is 5.92. The number of aromatic amines is 1. The summed E-state index contributed by atoms with van der Waals surface area (Å²) < 4.78 is 2.18. The smallest absolute Gasteiger partial charge is 0.115 e. The highest BCUT2D eigenvalue weighted by molar-refractivity contribution is 5.84. The average Bonchev–Trinajstić information content (AvgIpc) is 3.23. The van der Waals surface area contributed by atoms with Gasteiger partial charge in [-0.25, -0.2) is 15.0 Å². The first-order valence-electron chi connectivity index (χ1n) is 8.02. The van der Waals surface area contributed by atoms with Gasteiger partial charge in [0.05, 0.1) is 11.8 Å². The van der Waals surface area contributed by atoms with Crippen molar-refractivity contribution in [2.45, 2.75) is 19.3 Å². The molecule has 1 N–H and O–H groups in total. The number of H-pyrrole nitrogens is 1. The van der Waals surface area contributed by atoms with E-state index in [0.717, 1.165) is 23.5 Å². The number of para-hydroxylation sites is 1. The lowest BCUT2D eigenvalue weighted by Gasteiger charge is -2.18. The summed E-state index contributed by atoms with van der Waals surface area (Å²) in [5.74, 6) is 0.166. The highest BCUT2D eigenvalue weighted by Crippen LogP contribution is 2.32. The number of benzene rings is 1. The third-order valence-corrected chi connectivity index (χ3v) is 4.47. The summed E-state index contributed by atoms with van der Waals surface area (Å²) in [6.45, 7) is 1.99. The van der Waals surface area contributed by atoms with Gasteiger partial charge in [0.2, 0.25) is 0 Å². The first kappa shape index (κ1) is 14.6. The van der Waals surface area contributed by atoms with Crippen LogP contribution in [-0.2, 0) is 13.5 Å². The lowest BCUT2D eigenvalue weighted by atomic mass is 9.90. The normalized spacial score (nSPS) is 12.6. The van der Waals surface area contributed by atoms with Crippen LogP contribution >= 0.6 is 0 Å². The molecule has 1 aromatic carbocycles. The first-order chi connectivity index (χ1) is 11.7. The van der Waals surface area contributed by atoms with Crippen molar-refractivity contribution < 1.29 is 0 Å². The third kappa shape index (κ3) is 2.58. The quantitative estimate of drug-likeness (QED) is 0.628. The van der Waals surface area contributed by atoms with Crippen LogP contribution in [0.4, 0.5) is 0 Å². The fourth-order valence-electron chi connectivity index (χ4n) is 3.34. The molecular formula is C19H19N5. The summed E-state index contributed by atoms with van der Waals surface area (Å²) in [6.07, 6.45) is 8.18. The largest absolute Gasteiger partial charge is 0.350 e. The molecular weight excluding hydrogens is 298 g/mol. The van der Waals surface area contributed by atoms with Crippen molar-refractivity contribution in [2.24, 2.45) is 7.05 Å². The Morgan fingerprint density at radius 1 is 1.21 bits per heavy atom. The van der Waals surface area contributed by atoms with Gasteiger partial charge < -0.3 is 9.55 Å². The van der Waals surface area contributed by atoms with Crippen LogP contribution in [0, 0.1) is 6.92 Å². The maximum absolute atomic E-state index is 4.45. The van der Waals surface area contributed by atoms with E-state index < -0.39 is 0 Å². The molecule has 0 saturated carbocycles. The molecule has 5 heteroatoms. The van der Waals surface area contributed by atoms with Crippen molar-refractivity contribution in [3.63, 3.8) is 0 Å². The van der Waals surface area contributed by atoms with Crippen molar-refractivity contribution in [2.75, 3.05) is 0 Å². The number of aromatic nitrogens is 5. The highest BCUT2D eigenvalue weighted by atomic mass is 14.9. The van der Waals surface area contributed by atoms with Crippen LogP contribution in [0.5, 0.6) is 0 Å². The molecule has 0 fully saturated rings. The van der Waals surface area contributed by atoms with Crippen LogP contribution in [-0.4, -0.2) is 24.5 Å². The summed E-state index contributed by atoms with van der Waals surface area (Å²) in [4.78, 5) is 16.2. The predicted molar refractivity (Wildman–Crippen MR) is 93.8 cm³/mol. The molecule has 1 unspecified atom stereocenters. The zero-order chi connectivity index (χ0) is 16.5. The van der Waals surface area contributed by atoms with Gasteiger partial charge >= 0.3 is 0 Å². The number of hydrogen-bond acceptors (Lipinski definition) is 3. The van der Waals surface area contributed by atoms with E-state index in [1.165, 1.54) is 16.5 Å². The maximum atomic E-state index is 4.45. The summed E-state index contributed by atoms with van der Waals surface area (Å²) in [7, 11) is 2.09. The minimum absolute atomic E-state index is 0.166. The summed E-state index contributed by atoms with van der Waals surface area (Å²) in [5.41, 5.74) is 5.65. The highest BCUT2D eigenvalue weighted by Gasteiger charge is 2.20. The number of aryl methyl sites for hydroxylation is 2. The second-order valence-corrected chi connectivity index (χ2v) is 6.13. The Labute approximate surface area is 140 Å².